The summed E-state index contributed by atoms with van der Waals surface area (Å²) < 4.78 is 26.4. The van der Waals surface area contributed by atoms with Gasteiger partial charge in [0.15, 0.2) is 0 Å². The van der Waals surface area contributed by atoms with Crippen molar-refractivity contribution >= 4 is 27.5 Å². The second-order valence-corrected chi connectivity index (χ2v) is 6.96. The van der Waals surface area contributed by atoms with E-state index in [1.807, 2.05) is 0 Å². The molecule has 2 rings (SSSR count). The Bertz CT molecular complexity index is 606. The molecular weight excluding hydrogens is 302 g/mol. The molecule has 1 fully saturated rings. The van der Waals surface area contributed by atoms with Gasteiger partial charge < -0.3 is 5.32 Å². The van der Waals surface area contributed by atoms with Gasteiger partial charge in [0.25, 0.3) is 0 Å². The van der Waals surface area contributed by atoms with E-state index in [0.717, 1.165) is 6.42 Å². The summed E-state index contributed by atoms with van der Waals surface area (Å²) in [7, 11) is -3.67. The predicted molar refractivity (Wildman–Crippen MR) is 74.8 cm³/mol. The second-order valence-electron chi connectivity index (χ2n) is 4.70. The minimum absolute atomic E-state index is 0.00476. The van der Waals surface area contributed by atoms with Crippen molar-refractivity contribution in [2.45, 2.75) is 30.7 Å². The van der Waals surface area contributed by atoms with Gasteiger partial charge >= 0.3 is 0 Å². The lowest BCUT2D eigenvalue weighted by Gasteiger charge is -2.32. The smallest absolute Gasteiger partial charge is 0.246 e. The molecule has 6 nitrogen and oxygen atoms in total. The van der Waals surface area contributed by atoms with E-state index < -0.39 is 10.0 Å². The highest BCUT2D eigenvalue weighted by atomic mass is 35.5. The lowest BCUT2D eigenvalue weighted by molar-refractivity contribution is -0.119. The third-order valence-electron chi connectivity index (χ3n) is 3.13. The lowest BCUT2D eigenvalue weighted by Crippen LogP contribution is -2.49. The number of amides is 1. The largest absolute Gasteiger partial charge is 0.352 e. The van der Waals surface area contributed by atoms with Gasteiger partial charge in [-0.15, -0.1) is 0 Å². The molecule has 1 N–H and O–H groups in total. The van der Waals surface area contributed by atoms with Crippen molar-refractivity contribution in [3.05, 3.63) is 23.5 Å². The van der Waals surface area contributed by atoms with E-state index in [0.29, 0.717) is 13.0 Å². The van der Waals surface area contributed by atoms with Crippen molar-refractivity contribution in [3.63, 3.8) is 0 Å². The van der Waals surface area contributed by atoms with Crippen LogP contribution in [0.15, 0.2) is 23.2 Å². The molecule has 0 aliphatic carbocycles. The maximum absolute atomic E-state index is 12.5. The number of nitrogens with zero attached hydrogens (tertiary/aromatic N) is 2. The van der Waals surface area contributed by atoms with E-state index in [9.17, 15) is 13.2 Å². The van der Waals surface area contributed by atoms with Crippen LogP contribution in [0.25, 0.3) is 0 Å². The second kappa shape index (κ2) is 6.07. The first kappa shape index (κ1) is 15.2. The van der Waals surface area contributed by atoms with Crippen LogP contribution in [-0.2, 0) is 14.8 Å². The fourth-order valence-electron chi connectivity index (χ4n) is 2.27. The number of pyridine rings is 1. The van der Waals surface area contributed by atoms with Gasteiger partial charge in [-0.3, -0.25) is 4.79 Å². The summed E-state index contributed by atoms with van der Waals surface area (Å²) in [5.74, 6) is -0.159. The van der Waals surface area contributed by atoms with Crippen molar-refractivity contribution in [1.29, 1.82) is 0 Å². The molecule has 1 unspecified atom stereocenters. The van der Waals surface area contributed by atoms with E-state index in [1.54, 1.807) is 0 Å². The van der Waals surface area contributed by atoms with Crippen LogP contribution in [0.2, 0.25) is 5.15 Å². The van der Waals surface area contributed by atoms with Crippen molar-refractivity contribution < 1.29 is 13.2 Å². The molecule has 0 radical (unpaired) electrons. The number of piperidine rings is 1. The molecule has 1 aliphatic rings. The molecule has 1 aromatic heterocycles. The molecule has 2 heterocycles. The lowest BCUT2D eigenvalue weighted by atomic mass is 10.1. The van der Waals surface area contributed by atoms with Gasteiger partial charge in [-0.1, -0.05) is 11.6 Å². The van der Waals surface area contributed by atoms with Crippen LogP contribution >= 0.6 is 11.6 Å². The first-order valence-electron chi connectivity index (χ1n) is 6.29. The number of rotatable bonds is 3. The zero-order valence-corrected chi connectivity index (χ0v) is 12.6. The Morgan fingerprint density at radius 1 is 1.55 bits per heavy atom. The van der Waals surface area contributed by atoms with E-state index in [2.05, 4.69) is 10.3 Å². The maximum Gasteiger partial charge on any atom is 0.246 e. The average Bonchev–Trinajstić information content (AvgIpc) is 2.38. The summed E-state index contributed by atoms with van der Waals surface area (Å²) in [4.78, 5) is 14.9. The van der Waals surface area contributed by atoms with Crippen molar-refractivity contribution in [1.82, 2.24) is 14.6 Å². The average molecular weight is 318 g/mol. The molecule has 110 valence electrons. The Morgan fingerprint density at radius 3 is 2.95 bits per heavy atom. The van der Waals surface area contributed by atoms with Crippen molar-refractivity contribution in [2.75, 3.05) is 13.1 Å². The van der Waals surface area contributed by atoms with E-state index in [1.165, 1.54) is 29.6 Å². The molecule has 1 amide bonds. The molecule has 8 heteroatoms. The first-order chi connectivity index (χ1) is 9.41. The summed E-state index contributed by atoms with van der Waals surface area (Å²) in [6.07, 6.45) is 2.91. The van der Waals surface area contributed by atoms with Crippen molar-refractivity contribution in [3.8, 4) is 0 Å². The zero-order chi connectivity index (χ0) is 14.8. The number of nitrogens with one attached hydrogen (secondary N) is 1. The monoisotopic (exact) mass is 317 g/mol. The number of carbonyl (C=O) groups is 1. The topological polar surface area (TPSA) is 79.4 Å². The molecule has 0 aromatic carbocycles. The number of carbonyl (C=O) groups excluding carboxylic acids is 1. The summed E-state index contributed by atoms with van der Waals surface area (Å²) in [6, 6.07) is 2.81. The highest BCUT2D eigenvalue weighted by Gasteiger charge is 2.32. The molecule has 1 atom stereocenters. The molecule has 1 aliphatic heterocycles. The van der Waals surface area contributed by atoms with Gasteiger partial charge in [0.2, 0.25) is 15.9 Å². The van der Waals surface area contributed by atoms with Gasteiger partial charge in [-0.25, -0.2) is 13.4 Å². The van der Waals surface area contributed by atoms with E-state index >= 15 is 0 Å². The molecule has 20 heavy (non-hydrogen) atoms. The van der Waals surface area contributed by atoms with Crippen LogP contribution in [0.5, 0.6) is 0 Å². The van der Waals surface area contributed by atoms with Crippen LogP contribution in [-0.4, -0.2) is 42.7 Å². The number of hydrogen-bond acceptors (Lipinski definition) is 4. The first-order valence-corrected chi connectivity index (χ1v) is 8.11. The fraction of sp³-hybridized carbons (Fsp3) is 0.500. The molecule has 0 bridgehead atoms. The van der Waals surface area contributed by atoms with Gasteiger partial charge in [-0.05, 0) is 25.0 Å². The van der Waals surface area contributed by atoms with Crippen molar-refractivity contribution in [2.24, 2.45) is 0 Å². The highest BCUT2D eigenvalue weighted by molar-refractivity contribution is 7.89. The summed E-state index contributed by atoms with van der Waals surface area (Å²) in [6.45, 7) is 2.10. The van der Waals surface area contributed by atoms with Gasteiger partial charge in [-0.2, -0.15) is 4.31 Å². The minimum Gasteiger partial charge on any atom is -0.352 e. The summed E-state index contributed by atoms with van der Waals surface area (Å²) in [5.41, 5.74) is 0. The molecule has 0 saturated carbocycles. The van der Waals surface area contributed by atoms with Crippen LogP contribution in [0.3, 0.4) is 0 Å². The third kappa shape index (κ3) is 3.28. The summed E-state index contributed by atoms with van der Waals surface area (Å²) in [5, 5.41) is 2.72. The van der Waals surface area contributed by atoms with Crippen LogP contribution in [0.1, 0.15) is 19.8 Å². The van der Waals surface area contributed by atoms with E-state index in [-0.39, 0.29) is 28.5 Å². The number of sulfonamides is 1. The SMILES string of the molecule is CC(=O)NC1CCCN(S(=O)(=O)c2cccnc2Cl)C1. The zero-order valence-electron chi connectivity index (χ0n) is 11.0. The minimum atomic E-state index is -3.67. The van der Waals surface area contributed by atoms with Crippen LogP contribution in [0.4, 0.5) is 0 Å². The number of aromatic nitrogens is 1. The maximum atomic E-state index is 12.5. The summed E-state index contributed by atoms with van der Waals surface area (Å²) >= 11 is 5.86. The van der Waals surface area contributed by atoms with E-state index in [4.69, 9.17) is 11.6 Å². The quantitative estimate of drug-likeness (QED) is 0.844. The third-order valence-corrected chi connectivity index (χ3v) is 5.44. The van der Waals surface area contributed by atoms with Crippen LogP contribution in [0, 0.1) is 0 Å². The van der Waals surface area contributed by atoms with Gasteiger partial charge in [0.05, 0.1) is 0 Å². The Morgan fingerprint density at radius 2 is 2.30 bits per heavy atom. The standard InChI is InChI=1S/C12H16ClN3O3S/c1-9(17)15-10-4-3-7-16(8-10)20(18,19)11-5-2-6-14-12(11)13/h2,5-6,10H,3-4,7-8H2,1H3,(H,15,17). The predicted octanol–water partition coefficient (Wildman–Crippen LogP) is 1.02. The Balaban J connectivity index is 2.22. The van der Waals surface area contributed by atoms with Gasteiger partial charge in [0, 0.05) is 32.3 Å². The fourth-order valence-corrected chi connectivity index (χ4v) is 4.22. The normalized spacial score (nSPS) is 20.6. The Hall–Kier alpha value is -1.18. The molecular formula is C12H16ClN3O3S. The number of hydrogen-bond donors (Lipinski definition) is 1. The molecule has 0 spiro atoms. The Kier molecular flexibility index (Phi) is 4.62. The number of halogens is 1. The molecule has 1 aromatic rings. The highest BCUT2D eigenvalue weighted by Crippen LogP contribution is 2.24. The molecule has 1 saturated heterocycles. The van der Waals surface area contributed by atoms with Gasteiger partial charge in [0.1, 0.15) is 10.0 Å². The Labute approximate surface area is 123 Å². The van der Waals surface area contributed by atoms with Crippen LogP contribution < -0.4 is 5.32 Å².